The molecule has 0 unspecified atom stereocenters. The zero-order valence-electron chi connectivity index (χ0n) is 56.2. The van der Waals surface area contributed by atoms with Crippen molar-refractivity contribution in [2.45, 2.75) is 197 Å². The second-order valence-corrected chi connectivity index (χ2v) is 23.6. The fourth-order valence-electron chi connectivity index (χ4n) is 14.1. The Morgan fingerprint density at radius 2 is 0.446 bits per heavy atom. The highest BCUT2D eigenvalue weighted by atomic mass is 16.8. The number of aryl methyl sites for hydroxylation is 2. The van der Waals surface area contributed by atoms with Gasteiger partial charge in [0.05, 0.1) is 40.5 Å². The number of methoxy groups -OCH3 is 16. The van der Waals surface area contributed by atoms with Gasteiger partial charge < -0.3 is 133 Å². The van der Waals surface area contributed by atoms with Crippen LogP contribution in [0.25, 0.3) is 0 Å². The molecular formula is C60H102N4O28+2. The summed E-state index contributed by atoms with van der Waals surface area (Å²) in [6, 6.07) is 0. The van der Waals surface area contributed by atoms with Crippen LogP contribution < -0.4 is 9.13 Å². The van der Waals surface area contributed by atoms with E-state index in [2.05, 4.69) is 0 Å². The summed E-state index contributed by atoms with van der Waals surface area (Å²) in [7, 11) is 28.5. The van der Waals surface area contributed by atoms with Gasteiger partial charge in [-0.2, -0.15) is 0 Å². The van der Waals surface area contributed by atoms with E-state index in [1.165, 1.54) is 42.7 Å². The van der Waals surface area contributed by atoms with Gasteiger partial charge in [-0.25, -0.2) is 18.3 Å². The van der Waals surface area contributed by atoms with Crippen molar-refractivity contribution in [1.82, 2.24) is 9.13 Å². The molecule has 0 aromatic carbocycles. The normalized spacial score (nSPS) is 43.1. The summed E-state index contributed by atoms with van der Waals surface area (Å²) in [4.78, 5) is 0. The minimum absolute atomic E-state index is 0.00632. The van der Waals surface area contributed by atoms with Crippen LogP contribution in [0.2, 0.25) is 0 Å². The number of hydrogen-bond donors (Lipinski definition) is 0. The predicted molar refractivity (Wildman–Crippen MR) is 309 cm³/mol. The van der Waals surface area contributed by atoms with Gasteiger partial charge in [0, 0.05) is 114 Å². The molecule has 0 N–H and O–H groups in total. The Kier molecular flexibility index (Phi) is 27.7. The van der Waals surface area contributed by atoms with Crippen LogP contribution >= 0.6 is 0 Å². The number of nitrogens with zero attached hydrogens (tertiary/aromatic N) is 4. The Balaban J connectivity index is 1.17. The molecule has 0 saturated carbocycles. The van der Waals surface area contributed by atoms with Gasteiger partial charge in [0.25, 0.3) is 0 Å². The second-order valence-electron chi connectivity index (χ2n) is 23.6. The third-order valence-electron chi connectivity index (χ3n) is 18.3. The van der Waals surface area contributed by atoms with Crippen molar-refractivity contribution in [2.75, 3.05) is 140 Å². The lowest BCUT2D eigenvalue weighted by molar-refractivity contribution is -0.671. The number of aromatic nitrogens is 4. The molecular weight excluding hydrogens is 1220 g/mol. The Morgan fingerprint density at radius 3 is 0.609 bits per heavy atom. The fourth-order valence-corrected chi connectivity index (χ4v) is 14.1. The Morgan fingerprint density at radius 1 is 0.261 bits per heavy atom. The predicted octanol–water partition coefficient (Wildman–Crippen LogP) is -1.92. The van der Waals surface area contributed by atoms with Crippen LogP contribution in [-0.4, -0.2) is 334 Å². The molecule has 0 spiro atoms. The van der Waals surface area contributed by atoms with Crippen molar-refractivity contribution in [3.05, 3.63) is 37.4 Å². The van der Waals surface area contributed by atoms with Crippen LogP contribution in [0, 0.1) is 0 Å². The van der Waals surface area contributed by atoms with Crippen LogP contribution in [0.5, 0.6) is 0 Å². The van der Waals surface area contributed by atoms with Crippen LogP contribution in [0.1, 0.15) is 0 Å². The molecule has 2 aromatic rings. The molecule has 24 heterocycles. The smallest absolute Gasteiger partial charge is 0.243 e. The van der Waals surface area contributed by atoms with E-state index in [1.807, 2.05) is 69.8 Å². The molecule has 0 radical (unpaired) electrons. The van der Waals surface area contributed by atoms with E-state index in [-0.39, 0.29) is 39.5 Å². The minimum Gasteiger partial charge on any atom is -0.382 e. The van der Waals surface area contributed by atoms with E-state index in [9.17, 15) is 0 Å². The largest absolute Gasteiger partial charge is 0.382 e. The third kappa shape index (κ3) is 15.7. The first-order valence-electron chi connectivity index (χ1n) is 30.9. The fraction of sp³-hybridized carbons (Fsp3) is 0.900. The Bertz CT molecular complexity index is 2280. The standard InChI is InChI=1S/C60H102N4O28/c1-61-19-21-63(29-61)23-31-37-43(69-7)49(75-13)55(81-31)89-39-33(25-65-3)85-59(53(79-17)45(39)71-9)92-42-36(28-68-6)84-58(52(78-16)48(42)74-12)88-38-32(24-64-22-20-62(2)30-64)82-56(50(76-14)44(38)70-8)90-40-34(26-66-4)86-60(54(80-18)46(40)72-10)91-41-35(27-67-5)83-57(87-37)51(77-15)47(41)73-11/h19-22,29-60H,23-28H2,1-18H3/q+2/t31-,32-,33-,34-,35-,36-,37-,38-,39-,40-,41-,42-,43+,44+,45+,46+,47+,48+,49-,50-,51-,52-,53-,54-,55-,56-,57-,58-,59-,60-/m1/s1. The van der Waals surface area contributed by atoms with Crippen molar-refractivity contribution in [1.29, 1.82) is 0 Å². The van der Waals surface area contributed by atoms with E-state index < -0.39 is 184 Å². The molecule has 22 aliphatic heterocycles. The number of ether oxygens (including phenoxy) is 28. The van der Waals surface area contributed by atoms with Crippen LogP contribution in [0.4, 0.5) is 0 Å². The molecule has 32 nitrogen and oxygen atoms in total. The van der Waals surface area contributed by atoms with Crippen LogP contribution in [-0.2, 0) is 160 Å². The maximum Gasteiger partial charge on any atom is 0.243 e. The second kappa shape index (κ2) is 34.7. The molecule has 528 valence electrons. The van der Waals surface area contributed by atoms with Crippen molar-refractivity contribution in [3.8, 4) is 0 Å². The van der Waals surface area contributed by atoms with Gasteiger partial charge in [-0.15, -0.1) is 0 Å². The number of hydrogen-bond acceptors (Lipinski definition) is 28. The van der Waals surface area contributed by atoms with Gasteiger partial charge in [0.15, 0.2) is 37.7 Å². The summed E-state index contributed by atoms with van der Waals surface area (Å²) in [5.41, 5.74) is 0. The van der Waals surface area contributed by atoms with Crippen LogP contribution in [0.3, 0.4) is 0 Å². The zero-order chi connectivity index (χ0) is 65.9. The molecule has 0 amide bonds. The summed E-state index contributed by atoms with van der Waals surface area (Å²) in [6.07, 6.45) is -18.1. The van der Waals surface area contributed by atoms with E-state index in [0.717, 1.165) is 0 Å². The highest BCUT2D eigenvalue weighted by Crippen LogP contribution is 2.42. The quantitative estimate of drug-likeness (QED) is 0.104. The molecule has 22 saturated heterocycles. The molecule has 2 aromatic heterocycles. The van der Waals surface area contributed by atoms with E-state index in [4.69, 9.17) is 133 Å². The van der Waals surface area contributed by atoms with Crippen LogP contribution in [0.15, 0.2) is 37.4 Å². The summed E-state index contributed by atoms with van der Waals surface area (Å²) < 4.78 is 192. The summed E-state index contributed by atoms with van der Waals surface area (Å²) >= 11 is 0. The van der Waals surface area contributed by atoms with E-state index >= 15 is 0 Å². The lowest BCUT2D eigenvalue weighted by Crippen LogP contribution is -2.70. The number of rotatable bonds is 24. The molecule has 0 aliphatic carbocycles. The van der Waals surface area contributed by atoms with Gasteiger partial charge in [-0.3, -0.25) is 0 Å². The number of imidazole rings is 2. The Hall–Kier alpha value is -2.70. The first kappa shape index (κ1) is 73.5. The van der Waals surface area contributed by atoms with Crippen molar-refractivity contribution in [3.63, 3.8) is 0 Å². The molecule has 92 heavy (non-hydrogen) atoms. The molecule has 24 rings (SSSR count). The lowest BCUT2D eigenvalue weighted by atomic mass is 9.94. The highest BCUT2D eigenvalue weighted by Gasteiger charge is 2.61. The van der Waals surface area contributed by atoms with Gasteiger partial charge in [0.2, 0.25) is 12.7 Å². The first-order chi connectivity index (χ1) is 44.7. The summed E-state index contributed by atoms with van der Waals surface area (Å²) in [5.74, 6) is 0. The van der Waals surface area contributed by atoms with Crippen molar-refractivity contribution < 1.29 is 142 Å². The zero-order valence-corrected chi connectivity index (χ0v) is 56.2. The van der Waals surface area contributed by atoms with Crippen molar-refractivity contribution >= 4 is 0 Å². The highest BCUT2D eigenvalue weighted by molar-refractivity contribution is 5.04. The summed E-state index contributed by atoms with van der Waals surface area (Å²) in [6.45, 7) is 0.432. The van der Waals surface area contributed by atoms with Gasteiger partial charge >= 0.3 is 0 Å². The third-order valence-corrected chi connectivity index (χ3v) is 18.3. The Labute approximate surface area is 538 Å². The van der Waals surface area contributed by atoms with Gasteiger partial charge in [0.1, 0.15) is 184 Å². The average Bonchev–Trinajstić information content (AvgIpc) is 0.825. The summed E-state index contributed by atoms with van der Waals surface area (Å²) in [5, 5.41) is 0. The topological polar surface area (TPSA) is 276 Å². The maximum absolute atomic E-state index is 7.19. The van der Waals surface area contributed by atoms with Gasteiger partial charge in [-0.05, 0) is 0 Å². The first-order valence-corrected chi connectivity index (χ1v) is 30.9. The van der Waals surface area contributed by atoms with Gasteiger partial charge in [-0.1, -0.05) is 0 Å². The van der Waals surface area contributed by atoms with Crippen molar-refractivity contribution in [2.24, 2.45) is 14.1 Å². The molecule has 30 atom stereocenters. The SMILES string of the molecule is COC[C@H]1O[C@@H]2O[C@H]3[C@H](OC)[C@@H](OC)[C@@H](O[C@H]4[C@H](OC)[C@@H](OC)[C@@H](O[C@H]5[C@H](OC)[C@@H](OC)[C@@H](O[C@H]6[C@H](OC)[C@@H](OC)[C@@H](O[C@H]7[C@H](OC)[C@@H](OC)[C@@H](O[C@H]1[C@H](OC)[C@H]2OC)O[C@@H]7COC)O[C@@H]6Cn1cc[n+](C)c1)O[C@@H]5COC)O[C@@H]4COC)O[C@@H]3Cn1cc[n+](C)c1. The monoisotopic (exact) mass is 1330 g/mol. The maximum atomic E-state index is 7.19. The molecule has 22 fully saturated rings. The molecule has 32 heteroatoms. The molecule has 22 aliphatic rings. The van der Waals surface area contributed by atoms with E-state index in [1.54, 1.807) is 71.1 Å². The van der Waals surface area contributed by atoms with E-state index in [0.29, 0.717) is 0 Å². The lowest BCUT2D eigenvalue weighted by Gasteiger charge is -2.53. The average molecular weight is 1330 g/mol. The molecule has 12 bridgehead atoms. The minimum atomic E-state index is -1.19.